The first kappa shape index (κ1) is 19.6. The molecular weight excluding hydrogens is 359 g/mol. The monoisotopic (exact) mass is 378 g/mol. The fourth-order valence-corrected chi connectivity index (χ4v) is 3.45. The number of nitrogens with zero attached hydrogens (tertiary/aromatic N) is 1. The van der Waals surface area contributed by atoms with Crippen molar-refractivity contribution in [1.82, 2.24) is 4.90 Å². The summed E-state index contributed by atoms with van der Waals surface area (Å²) in [5.41, 5.74) is 0.826. The van der Waals surface area contributed by atoms with Crippen molar-refractivity contribution < 1.29 is 23.5 Å². The third kappa shape index (κ3) is 4.08. The molecule has 138 valence electrons. The number of halogens is 1. The van der Waals surface area contributed by atoms with Gasteiger partial charge >= 0.3 is 5.97 Å². The molecular formula is C18H19FN2O4S. The van der Waals surface area contributed by atoms with E-state index in [0.717, 1.165) is 11.3 Å². The van der Waals surface area contributed by atoms with Gasteiger partial charge in [0.2, 0.25) is 0 Å². The maximum Gasteiger partial charge on any atom is 0.341 e. The predicted molar refractivity (Wildman–Crippen MR) is 97.4 cm³/mol. The lowest BCUT2D eigenvalue weighted by Crippen LogP contribution is -2.21. The number of rotatable bonds is 5. The van der Waals surface area contributed by atoms with Crippen LogP contribution in [-0.4, -0.2) is 43.4 Å². The summed E-state index contributed by atoms with van der Waals surface area (Å²) in [5, 5.41) is 2.85. The van der Waals surface area contributed by atoms with Gasteiger partial charge in [0.15, 0.2) is 0 Å². The standard InChI is InChI=1S/C18H19FN2O4S/c1-5-25-18(24)13-10(2)14(17(23)21(3)4)26-16(13)20-15(22)11-6-8-12(19)9-7-11/h6-9H,5H2,1-4H3,(H,20,22). The molecule has 0 unspecified atom stereocenters. The first-order chi connectivity index (χ1) is 12.3. The fraction of sp³-hybridized carbons (Fsp3) is 0.278. The Bertz CT molecular complexity index is 844. The zero-order valence-electron chi connectivity index (χ0n) is 14.9. The van der Waals surface area contributed by atoms with Gasteiger partial charge in [-0.1, -0.05) is 0 Å². The molecule has 2 amide bonds. The van der Waals surface area contributed by atoms with Crippen LogP contribution in [0.25, 0.3) is 0 Å². The lowest BCUT2D eigenvalue weighted by molar-refractivity contribution is 0.0527. The predicted octanol–water partition coefficient (Wildman–Crippen LogP) is 3.33. The highest BCUT2D eigenvalue weighted by Crippen LogP contribution is 2.34. The highest BCUT2D eigenvalue weighted by molar-refractivity contribution is 7.18. The molecule has 2 rings (SSSR count). The third-order valence-electron chi connectivity index (χ3n) is 3.56. The van der Waals surface area contributed by atoms with Crippen molar-refractivity contribution in [2.45, 2.75) is 13.8 Å². The molecule has 2 aromatic rings. The molecule has 1 aromatic heterocycles. The summed E-state index contributed by atoms with van der Waals surface area (Å²) in [6.07, 6.45) is 0. The van der Waals surface area contributed by atoms with Gasteiger partial charge in [-0.05, 0) is 43.7 Å². The zero-order chi connectivity index (χ0) is 19.4. The number of amides is 2. The molecule has 0 radical (unpaired) electrons. The highest BCUT2D eigenvalue weighted by Gasteiger charge is 2.27. The number of hydrogen-bond donors (Lipinski definition) is 1. The quantitative estimate of drug-likeness (QED) is 0.810. The second-order valence-corrected chi connectivity index (χ2v) is 6.66. The summed E-state index contributed by atoms with van der Waals surface area (Å²) >= 11 is 1.00. The van der Waals surface area contributed by atoms with Crippen LogP contribution in [0.2, 0.25) is 0 Å². The molecule has 26 heavy (non-hydrogen) atoms. The van der Waals surface area contributed by atoms with Crippen LogP contribution in [0.3, 0.4) is 0 Å². The Labute approximate surface area is 154 Å². The molecule has 0 aliphatic carbocycles. The maximum atomic E-state index is 13.0. The molecule has 6 nitrogen and oxygen atoms in total. The largest absolute Gasteiger partial charge is 0.462 e. The number of ether oxygens (including phenoxy) is 1. The van der Waals surface area contributed by atoms with Gasteiger partial charge in [-0.15, -0.1) is 11.3 Å². The van der Waals surface area contributed by atoms with Crippen LogP contribution in [0.15, 0.2) is 24.3 Å². The van der Waals surface area contributed by atoms with Gasteiger partial charge in [-0.2, -0.15) is 0 Å². The summed E-state index contributed by atoms with van der Waals surface area (Å²) in [5.74, 6) is -1.87. The number of benzene rings is 1. The van der Waals surface area contributed by atoms with E-state index in [4.69, 9.17) is 4.74 Å². The molecule has 0 saturated heterocycles. The SMILES string of the molecule is CCOC(=O)c1c(NC(=O)c2ccc(F)cc2)sc(C(=O)N(C)C)c1C. The minimum absolute atomic E-state index is 0.150. The number of esters is 1. The first-order valence-electron chi connectivity index (χ1n) is 7.85. The fourth-order valence-electron chi connectivity index (χ4n) is 2.23. The molecule has 1 aromatic carbocycles. The summed E-state index contributed by atoms with van der Waals surface area (Å²) in [6, 6.07) is 5.01. The van der Waals surface area contributed by atoms with Crippen molar-refractivity contribution in [3.63, 3.8) is 0 Å². The van der Waals surface area contributed by atoms with Crippen LogP contribution in [0.4, 0.5) is 9.39 Å². The van der Waals surface area contributed by atoms with Crippen LogP contribution >= 0.6 is 11.3 Å². The Balaban J connectivity index is 2.43. The molecule has 1 heterocycles. The lowest BCUT2D eigenvalue weighted by Gasteiger charge is -2.09. The van der Waals surface area contributed by atoms with Crippen molar-refractivity contribution in [1.29, 1.82) is 0 Å². The van der Waals surface area contributed by atoms with E-state index < -0.39 is 17.7 Å². The Morgan fingerprint density at radius 1 is 1.19 bits per heavy atom. The van der Waals surface area contributed by atoms with Crippen molar-refractivity contribution in [2.24, 2.45) is 0 Å². The normalized spacial score (nSPS) is 10.3. The molecule has 8 heteroatoms. The van der Waals surface area contributed by atoms with E-state index in [1.165, 1.54) is 29.2 Å². The second-order valence-electron chi connectivity index (χ2n) is 5.64. The first-order valence-corrected chi connectivity index (χ1v) is 8.67. The summed E-state index contributed by atoms with van der Waals surface area (Å²) in [7, 11) is 3.20. The highest BCUT2D eigenvalue weighted by atomic mass is 32.1. The van der Waals surface area contributed by atoms with Gasteiger partial charge in [0, 0.05) is 19.7 Å². The van der Waals surface area contributed by atoms with Crippen LogP contribution in [0.1, 0.15) is 42.9 Å². The number of carbonyl (C=O) groups excluding carboxylic acids is 3. The molecule has 0 atom stereocenters. The Hall–Kier alpha value is -2.74. The molecule has 1 N–H and O–H groups in total. The van der Waals surface area contributed by atoms with E-state index in [1.54, 1.807) is 27.9 Å². The minimum atomic E-state index is -0.617. The van der Waals surface area contributed by atoms with Crippen LogP contribution < -0.4 is 5.32 Å². The zero-order valence-corrected chi connectivity index (χ0v) is 15.7. The molecule has 0 aliphatic rings. The van der Waals surface area contributed by atoms with Crippen molar-refractivity contribution in [3.05, 3.63) is 51.7 Å². The van der Waals surface area contributed by atoms with E-state index in [2.05, 4.69) is 5.32 Å². The van der Waals surface area contributed by atoms with E-state index in [-0.39, 0.29) is 28.6 Å². The van der Waals surface area contributed by atoms with Gasteiger partial charge in [0.25, 0.3) is 11.8 Å². The Morgan fingerprint density at radius 2 is 1.81 bits per heavy atom. The van der Waals surface area contributed by atoms with E-state index >= 15 is 0 Å². The number of hydrogen-bond acceptors (Lipinski definition) is 5. The van der Waals surface area contributed by atoms with Crippen molar-refractivity contribution in [3.8, 4) is 0 Å². The van der Waals surface area contributed by atoms with E-state index in [9.17, 15) is 18.8 Å². The summed E-state index contributed by atoms with van der Waals surface area (Å²) < 4.78 is 18.1. The van der Waals surface area contributed by atoms with E-state index in [1.807, 2.05) is 0 Å². The molecule has 0 spiro atoms. The Kier molecular flexibility index (Phi) is 6.10. The molecule has 0 fully saturated rings. The lowest BCUT2D eigenvalue weighted by atomic mass is 10.1. The Morgan fingerprint density at radius 3 is 2.35 bits per heavy atom. The summed E-state index contributed by atoms with van der Waals surface area (Å²) in [4.78, 5) is 38.8. The number of thiophene rings is 1. The van der Waals surface area contributed by atoms with E-state index in [0.29, 0.717) is 10.4 Å². The van der Waals surface area contributed by atoms with Crippen LogP contribution in [0.5, 0.6) is 0 Å². The average Bonchev–Trinajstić information content (AvgIpc) is 2.90. The minimum Gasteiger partial charge on any atom is -0.462 e. The maximum absolute atomic E-state index is 13.0. The van der Waals surface area contributed by atoms with Crippen molar-refractivity contribution >= 4 is 34.1 Å². The van der Waals surface area contributed by atoms with Gasteiger partial charge < -0.3 is 15.0 Å². The number of nitrogens with one attached hydrogen (secondary N) is 1. The van der Waals surface area contributed by atoms with Gasteiger partial charge in [0.1, 0.15) is 10.8 Å². The smallest absolute Gasteiger partial charge is 0.341 e. The van der Waals surface area contributed by atoms with Gasteiger partial charge in [-0.3, -0.25) is 9.59 Å². The van der Waals surface area contributed by atoms with Gasteiger partial charge in [-0.25, -0.2) is 9.18 Å². The topological polar surface area (TPSA) is 75.7 Å². The average molecular weight is 378 g/mol. The van der Waals surface area contributed by atoms with Crippen molar-refractivity contribution in [2.75, 3.05) is 26.0 Å². The third-order valence-corrected chi connectivity index (χ3v) is 4.76. The second kappa shape index (κ2) is 8.09. The molecule has 0 saturated carbocycles. The number of carbonyl (C=O) groups is 3. The molecule has 0 aliphatic heterocycles. The van der Waals surface area contributed by atoms with Crippen LogP contribution in [0, 0.1) is 12.7 Å². The summed E-state index contributed by atoms with van der Waals surface area (Å²) in [6.45, 7) is 3.46. The number of anilines is 1. The molecule has 0 bridgehead atoms. The van der Waals surface area contributed by atoms with Gasteiger partial charge in [0.05, 0.1) is 17.0 Å². The van der Waals surface area contributed by atoms with Crippen LogP contribution in [-0.2, 0) is 4.74 Å².